The molecule has 5 heteroatoms. The Kier molecular flexibility index (Phi) is 4.16. The first-order valence-electron chi connectivity index (χ1n) is 6.00. The molecule has 1 N–H and O–H groups in total. The highest BCUT2D eigenvalue weighted by atomic mass is 32.1. The molecule has 0 aromatic carbocycles. The minimum absolute atomic E-state index is 0.0207. The summed E-state index contributed by atoms with van der Waals surface area (Å²) in [5.74, 6) is 0.660. The van der Waals surface area contributed by atoms with E-state index in [0.29, 0.717) is 16.2 Å². The summed E-state index contributed by atoms with van der Waals surface area (Å²) in [6.07, 6.45) is 2.26. The second-order valence-electron chi connectivity index (χ2n) is 4.38. The van der Waals surface area contributed by atoms with E-state index in [1.165, 1.54) is 18.3 Å². The van der Waals surface area contributed by atoms with Crippen LogP contribution in [0, 0.1) is 0 Å². The Balaban J connectivity index is 1.94. The van der Waals surface area contributed by atoms with E-state index in [1.807, 2.05) is 19.1 Å². The highest BCUT2D eigenvalue weighted by molar-refractivity contribution is 7.15. The van der Waals surface area contributed by atoms with Gasteiger partial charge in [-0.1, -0.05) is 0 Å². The van der Waals surface area contributed by atoms with Gasteiger partial charge in [0.2, 0.25) is 0 Å². The van der Waals surface area contributed by atoms with Gasteiger partial charge in [-0.3, -0.25) is 9.59 Å². The Labute approximate surface area is 115 Å². The van der Waals surface area contributed by atoms with Crippen LogP contribution in [0.1, 0.15) is 39.0 Å². The van der Waals surface area contributed by atoms with E-state index in [0.717, 1.165) is 5.76 Å². The van der Waals surface area contributed by atoms with Crippen molar-refractivity contribution in [1.29, 1.82) is 0 Å². The number of amides is 1. The molecule has 0 aliphatic rings. The molecule has 0 saturated carbocycles. The lowest BCUT2D eigenvalue weighted by Crippen LogP contribution is -2.33. The van der Waals surface area contributed by atoms with Crippen LogP contribution in [0.3, 0.4) is 0 Å². The number of nitrogens with one attached hydrogen (secondary N) is 1. The van der Waals surface area contributed by atoms with Gasteiger partial charge in [-0.25, -0.2) is 0 Å². The van der Waals surface area contributed by atoms with Gasteiger partial charge >= 0.3 is 0 Å². The molecule has 0 bridgehead atoms. The summed E-state index contributed by atoms with van der Waals surface area (Å²) in [5.41, 5.74) is 0. The van der Waals surface area contributed by atoms with Crippen LogP contribution in [0.4, 0.5) is 0 Å². The van der Waals surface area contributed by atoms with Gasteiger partial charge in [0.05, 0.1) is 16.0 Å². The van der Waals surface area contributed by atoms with Crippen molar-refractivity contribution in [2.75, 3.05) is 0 Å². The number of ketones is 1. The van der Waals surface area contributed by atoms with Crippen molar-refractivity contribution in [3.8, 4) is 0 Å². The molecule has 0 fully saturated rings. The Morgan fingerprint density at radius 1 is 1.32 bits per heavy atom. The number of thiophene rings is 1. The minimum atomic E-state index is -0.156. The third-order valence-corrected chi connectivity index (χ3v) is 3.83. The van der Waals surface area contributed by atoms with Crippen LogP contribution in [0.15, 0.2) is 34.9 Å². The van der Waals surface area contributed by atoms with Crippen molar-refractivity contribution in [2.24, 2.45) is 0 Å². The average molecular weight is 277 g/mol. The standard InChI is InChI=1S/C14H15NO3S/c1-9(8-11-4-3-7-18-11)15-14(17)13-6-5-12(19-13)10(2)16/h3-7,9H,8H2,1-2H3,(H,15,17)/t9-/m1/s1. The first-order chi connectivity index (χ1) is 9.06. The second-order valence-corrected chi connectivity index (χ2v) is 5.46. The first kappa shape index (κ1) is 13.5. The Bertz CT molecular complexity index is 571. The maximum atomic E-state index is 12.0. The van der Waals surface area contributed by atoms with Crippen LogP contribution in [-0.4, -0.2) is 17.7 Å². The third-order valence-electron chi connectivity index (χ3n) is 2.64. The van der Waals surface area contributed by atoms with Crippen LogP contribution in [0.5, 0.6) is 0 Å². The molecule has 2 aromatic heterocycles. The van der Waals surface area contributed by atoms with Crippen molar-refractivity contribution < 1.29 is 14.0 Å². The van der Waals surface area contributed by atoms with E-state index in [1.54, 1.807) is 18.4 Å². The smallest absolute Gasteiger partial charge is 0.261 e. The largest absolute Gasteiger partial charge is 0.469 e. The molecule has 100 valence electrons. The quantitative estimate of drug-likeness (QED) is 0.855. The predicted molar refractivity (Wildman–Crippen MR) is 73.7 cm³/mol. The molecule has 4 nitrogen and oxygen atoms in total. The van der Waals surface area contributed by atoms with Gasteiger partial charge < -0.3 is 9.73 Å². The summed E-state index contributed by atoms with van der Waals surface area (Å²) >= 11 is 1.21. The van der Waals surface area contributed by atoms with Crippen LogP contribution < -0.4 is 5.32 Å². The molecule has 0 aliphatic heterocycles. The number of furan rings is 1. The molecular formula is C14H15NO3S. The second kappa shape index (κ2) is 5.84. The fourth-order valence-corrected chi connectivity index (χ4v) is 2.53. The number of carbonyl (C=O) groups is 2. The van der Waals surface area contributed by atoms with E-state index < -0.39 is 0 Å². The first-order valence-corrected chi connectivity index (χ1v) is 6.82. The van der Waals surface area contributed by atoms with Gasteiger partial charge in [-0.05, 0) is 38.1 Å². The van der Waals surface area contributed by atoms with E-state index in [-0.39, 0.29) is 17.7 Å². The molecule has 0 saturated heterocycles. The number of Topliss-reactive ketones (excluding diaryl/α,β-unsaturated/α-hetero) is 1. The van der Waals surface area contributed by atoms with Gasteiger partial charge in [0.1, 0.15) is 5.76 Å². The molecule has 0 spiro atoms. The van der Waals surface area contributed by atoms with E-state index in [4.69, 9.17) is 4.42 Å². The zero-order valence-corrected chi connectivity index (χ0v) is 11.6. The summed E-state index contributed by atoms with van der Waals surface area (Å²) in [6, 6.07) is 7.03. The van der Waals surface area contributed by atoms with Gasteiger partial charge in [-0.15, -0.1) is 11.3 Å². The summed E-state index contributed by atoms with van der Waals surface area (Å²) in [6.45, 7) is 3.41. The molecule has 1 atom stereocenters. The van der Waals surface area contributed by atoms with E-state index in [2.05, 4.69) is 5.32 Å². The summed E-state index contributed by atoms with van der Waals surface area (Å²) < 4.78 is 5.23. The van der Waals surface area contributed by atoms with E-state index in [9.17, 15) is 9.59 Å². The zero-order valence-electron chi connectivity index (χ0n) is 10.8. The van der Waals surface area contributed by atoms with Crippen LogP contribution in [-0.2, 0) is 6.42 Å². The summed E-state index contributed by atoms with van der Waals surface area (Å²) in [5, 5.41) is 2.89. The van der Waals surface area contributed by atoms with Gasteiger partial charge in [-0.2, -0.15) is 0 Å². The fourth-order valence-electron chi connectivity index (χ4n) is 1.73. The number of hydrogen-bond acceptors (Lipinski definition) is 4. The van der Waals surface area contributed by atoms with Gasteiger partial charge in [0.15, 0.2) is 5.78 Å². The van der Waals surface area contributed by atoms with Gasteiger partial charge in [0, 0.05) is 12.5 Å². The number of carbonyl (C=O) groups excluding carboxylic acids is 2. The summed E-state index contributed by atoms with van der Waals surface area (Å²) in [7, 11) is 0. The van der Waals surface area contributed by atoms with Crippen molar-refractivity contribution in [3.05, 3.63) is 46.0 Å². The monoisotopic (exact) mass is 277 g/mol. The highest BCUT2D eigenvalue weighted by Crippen LogP contribution is 2.17. The molecule has 0 aliphatic carbocycles. The van der Waals surface area contributed by atoms with Crippen molar-refractivity contribution in [3.63, 3.8) is 0 Å². The van der Waals surface area contributed by atoms with Gasteiger partial charge in [0.25, 0.3) is 5.91 Å². The molecule has 2 aromatic rings. The Hall–Kier alpha value is -1.88. The molecule has 0 unspecified atom stereocenters. The van der Waals surface area contributed by atoms with Crippen molar-refractivity contribution in [2.45, 2.75) is 26.3 Å². The zero-order chi connectivity index (χ0) is 13.8. The predicted octanol–water partition coefficient (Wildman–Crippen LogP) is 2.90. The van der Waals surface area contributed by atoms with Crippen LogP contribution in [0.2, 0.25) is 0 Å². The Morgan fingerprint density at radius 3 is 2.63 bits per heavy atom. The molecule has 0 radical (unpaired) electrons. The lowest BCUT2D eigenvalue weighted by atomic mass is 10.2. The maximum Gasteiger partial charge on any atom is 0.261 e. The number of hydrogen-bond donors (Lipinski definition) is 1. The number of rotatable bonds is 5. The van der Waals surface area contributed by atoms with Crippen LogP contribution in [0.25, 0.3) is 0 Å². The topological polar surface area (TPSA) is 59.3 Å². The molecular weight excluding hydrogens is 262 g/mol. The molecule has 2 rings (SSSR count). The lowest BCUT2D eigenvalue weighted by Gasteiger charge is -2.11. The Morgan fingerprint density at radius 2 is 2.05 bits per heavy atom. The SMILES string of the molecule is CC(=O)c1ccc(C(=O)N[C@H](C)Cc2ccco2)s1. The highest BCUT2D eigenvalue weighted by Gasteiger charge is 2.14. The third kappa shape index (κ3) is 3.54. The van der Waals surface area contributed by atoms with Crippen LogP contribution >= 0.6 is 11.3 Å². The van der Waals surface area contributed by atoms with E-state index >= 15 is 0 Å². The molecule has 2 heterocycles. The molecule has 19 heavy (non-hydrogen) atoms. The lowest BCUT2D eigenvalue weighted by molar-refractivity contribution is 0.0942. The minimum Gasteiger partial charge on any atom is -0.469 e. The average Bonchev–Trinajstić information content (AvgIpc) is 2.98. The maximum absolute atomic E-state index is 12.0. The van der Waals surface area contributed by atoms with Crippen molar-refractivity contribution >= 4 is 23.0 Å². The van der Waals surface area contributed by atoms with Crippen molar-refractivity contribution in [1.82, 2.24) is 5.32 Å². The fraction of sp³-hybridized carbons (Fsp3) is 0.286. The summed E-state index contributed by atoms with van der Waals surface area (Å²) in [4.78, 5) is 24.3. The molecule has 1 amide bonds. The normalized spacial score (nSPS) is 12.1.